The predicted octanol–water partition coefficient (Wildman–Crippen LogP) is 4.27. The largest absolute Gasteiger partial charge is 0.351 e. The van der Waals surface area contributed by atoms with Crippen LogP contribution in [-0.2, 0) is 11.3 Å². The van der Waals surface area contributed by atoms with Crippen LogP contribution in [0, 0.1) is 13.8 Å². The molecule has 2 rings (SSSR count). The number of carbonyl (C=O) groups is 1. The van der Waals surface area contributed by atoms with Crippen molar-refractivity contribution in [1.82, 2.24) is 14.9 Å². The van der Waals surface area contributed by atoms with Gasteiger partial charge >= 0.3 is 0 Å². The summed E-state index contributed by atoms with van der Waals surface area (Å²) in [5.41, 5.74) is 0.742. The molecular formula is C19H29N3O2S2. The van der Waals surface area contributed by atoms with E-state index in [-0.39, 0.29) is 22.3 Å². The molecule has 0 saturated heterocycles. The van der Waals surface area contributed by atoms with Crippen LogP contribution >= 0.6 is 23.1 Å². The van der Waals surface area contributed by atoms with E-state index < -0.39 is 0 Å². The van der Waals surface area contributed by atoms with Crippen LogP contribution < -0.4 is 10.9 Å². The summed E-state index contributed by atoms with van der Waals surface area (Å²) in [6, 6.07) is 0. The molecule has 0 aromatic carbocycles. The van der Waals surface area contributed by atoms with E-state index in [0.29, 0.717) is 11.7 Å². The van der Waals surface area contributed by atoms with Crippen molar-refractivity contribution >= 4 is 39.2 Å². The molecule has 2 aromatic heterocycles. The fraction of sp³-hybridized carbons (Fsp3) is 0.632. The van der Waals surface area contributed by atoms with Crippen LogP contribution in [-0.4, -0.2) is 26.2 Å². The van der Waals surface area contributed by atoms with Gasteiger partial charge in [0.2, 0.25) is 5.91 Å². The first-order valence-electron chi connectivity index (χ1n) is 9.04. The molecule has 2 heterocycles. The minimum absolute atomic E-state index is 0.0104. The summed E-state index contributed by atoms with van der Waals surface area (Å²) in [5, 5.41) is 4.02. The number of aromatic nitrogens is 2. The number of nitrogens with one attached hydrogen (secondary N) is 1. The average Bonchev–Trinajstić information content (AvgIpc) is 2.80. The molecule has 0 aliphatic carbocycles. The van der Waals surface area contributed by atoms with Gasteiger partial charge in [-0.15, -0.1) is 11.3 Å². The zero-order valence-electron chi connectivity index (χ0n) is 16.7. The Morgan fingerprint density at radius 3 is 2.58 bits per heavy atom. The lowest BCUT2D eigenvalue weighted by molar-refractivity contribution is -0.121. The lowest BCUT2D eigenvalue weighted by Crippen LogP contribution is -2.44. The van der Waals surface area contributed by atoms with Gasteiger partial charge in [-0.1, -0.05) is 25.1 Å². The fourth-order valence-electron chi connectivity index (χ4n) is 2.59. The highest BCUT2D eigenvalue weighted by Crippen LogP contribution is 2.30. The fourth-order valence-corrected chi connectivity index (χ4v) is 4.60. The van der Waals surface area contributed by atoms with Crippen LogP contribution in [0.15, 0.2) is 9.95 Å². The van der Waals surface area contributed by atoms with Crippen LogP contribution in [0.25, 0.3) is 10.2 Å². The van der Waals surface area contributed by atoms with Crippen LogP contribution in [0.3, 0.4) is 0 Å². The quantitative estimate of drug-likeness (QED) is 0.586. The molecule has 1 amide bonds. The van der Waals surface area contributed by atoms with Crippen molar-refractivity contribution in [3.05, 3.63) is 20.8 Å². The number of hydrogen-bond donors (Lipinski definition) is 1. The lowest BCUT2D eigenvalue weighted by atomic mass is 10.1. The maximum absolute atomic E-state index is 13.1. The molecule has 1 N–H and O–H groups in total. The molecule has 0 fully saturated rings. The lowest BCUT2D eigenvalue weighted by Gasteiger charge is -2.23. The average molecular weight is 396 g/mol. The molecule has 0 saturated carbocycles. The number of rotatable bonds is 6. The highest BCUT2D eigenvalue weighted by Gasteiger charge is 2.23. The molecular weight excluding hydrogens is 366 g/mol. The van der Waals surface area contributed by atoms with Crippen molar-refractivity contribution < 1.29 is 4.79 Å². The summed E-state index contributed by atoms with van der Waals surface area (Å²) in [5.74, 6) is -0.0440. The minimum atomic E-state index is -0.325. The number of nitrogens with zero attached hydrogens (tertiary/aromatic N) is 2. The summed E-state index contributed by atoms with van der Waals surface area (Å²) in [6.45, 7) is 14.5. The number of fused-ring (bicyclic) bond motifs is 1. The first-order chi connectivity index (χ1) is 12.0. The Morgan fingerprint density at radius 2 is 2.00 bits per heavy atom. The number of unbranched alkanes of at least 4 members (excludes halogenated alkanes) is 1. The van der Waals surface area contributed by atoms with Gasteiger partial charge < -0.3 is 5.32 Å². The van der Waals surface area contributed by atoms with Gasteiger partial charge in [0.25, 0.3) is 5.56 Å². The third-order valence-electron chi connectivity index (χ3n) is 4.14. The Morgan fingerprint density at radius 1 is 1.35 bits per heavy atom. The van der Waals surface area contributed by atoms with E-state index in [2.05, 4.69) is 12.2 Å². The molecule has 26 heavy (non-hydrogen) atoms. The molecule has 144 valence electrons. The molecule has 0 aliphatic rings. The summed E-state index contributed by atoms with van der Waals surface area (Å²) >= 11 is 2.91. The molecule has 5 nitrogen and oxygen atoms in total. The number of carbonyl (C=O) groups excluding carboxylic acids is 1. The maximum atomic E-state index is 13.1. The van der Waals surface area contributed by atoms with Gasteiger partial charge in [0.1, 0.15) is 4.83 Å². The van der Waals surface area contributed by atoms with Crippen molar-refractivity contribution in [3.63, 3.8) is 0 Å². The molecule has 0 aliphatic heterocycles. The maximum Gasteiger partial charge on any atom is 0.263 e. The third kappa shape index (κ3) is 4.68. The van der Waals surface area contributed by atoms with E-state index in [1.807, 2.05) is 41.5 Å². The van der Waals surface area contributed by atoms with E-state index in [4.69, 9.17) is 4.98 Å². The first-order valence-corrected chi connectivity index (χ1v) is 10.7. The van der Waals surface area contributed by atoms with Gasteiger partial charge in [0.15, 0.2) is 5.16 Å². The van der Waals surface area contributed by atoms with E-state index in [1.54, 1.807) is 15.9 Å². The summed E-state index contributed by atoms with van der Waals surface area (Å²) in [6.07, 6.45) is 1.90. The second-order valence-corrected chi connectivity index (χ2v) is 10.2. The number of thioether (sulfide) groups is 1. The number of thiophene rings is 1. The Hall–Kier alpha value is -1.34. The van der Waals surface area contributed by atoms with Gasteiger partial charge in [-0.05, 0) is 53.5 Å². The van der Waals surface area contributed by atoms with E-state index in [9.17, 15) is 9.59 Å². The van der Waals surface area contributed by atoms with Gasteiger partial charge in [0.05, 0.1) is 10.6 Å². The van der Waals surface area contributed by atoms with Crippen molar-refractivity contribution in [3.8, 4) is 0 Å². The monoisotopic (exact) mass is 395 g/mol. The summed E-state index contributed by atoms with van der Waals surface area (Å²) < 4.78 is 1.75. The number of hydrogen-bond acceptors (Lipinski definition) is 5. The van der Waals surface area contributed by atoms with E-state index in [0.717, 1.165) is 33.5 Å². The molecule has 1 atom stereocenters. The van der Waals surface area contributed by atoms with Gasteiger partial charge in [0, 0.05) is 17.0 Å². The Balaban J connectivity index is 2.44. The zero-order valence-corrected chi connectivity index (χ0v) is 18.4. The van der Waals surface area contributed by atoms with Gasteiger partial charge in [-0.3, -0.25) is 14.2 Å². The Bertz CT molecular complexity index is 862. The molecule has 0 radical (unpaired) electrons. The smallest absolute Gasteiger partial charge is 0.263 e. The SMILES string of the molecule is CCCCn1c(SC(C)C(=O)NC(C)(C)C)nc2sc(C)c(C)c2c1=O. The number of aryl methyl sites for hydroxylation is 2. The highest BCUT2D eigenvalue weighted by atomic mass is 32.2. The zero-order chi connectivity index (χ0) is 19.6. The predicted molar refractivity (Wildman–Crippen MR) is 111 cm³/mol. The standard InChI is InChI=1S/C19H29N3O2S2/c1-8-9-10-22-17(24)14-11(2)12(3)25-16(14)20-18(22)26-13(4)15(23)21-19(5,6)7/h13H,8-10H2,1-7H3,(H,21,23). The third-order valence-corrected chi connectivity index (χ3v) is 6.33. The van der Waals surface area contributed by atoms with Crippen molar-refractivity contribution in [2.75, 3.05) is 0 Å². The summed E-state index contributed by atoms with van der Waals surface area (Å²) in [4.78, 5) is 32.2. The second-order valence-electron chi connectivity index (χ2n) is 7.67. The highest BCUT2D eigenvalue weighted by molar-refractivity contribution is 8.00. The molecule has 0 spiro atoms. The first kappa shape index (κ1) is 21.0. The van der Waals surface area contributed by atoms with E-state index >= 15 is 0 Å². The topological polar surface area (TPSA) is 64.0 Å². The van der Waals surface area contributed by atoms with E-state index in [1.165, 1.54) is 11.8 Å². The molecule has 0 bridgehead atoms. The van der Waals surface area contributed by atoms with Gasteiger partial charge in [-0.2, -0.15) is 0 Å². The van der Waals surface area contributed by atoms with Gasteiger partial charge in [-0.25, -0.2) is 4.98 Å². The molecule has 2 aromatic rings. The second kappa shape index (κ2) is 8.13. The van der Waals surface area contributed by atoms with Crippen LogP contribution in [0.2, 0.25) is 0 Å². The van der Waals surface area contributed by atoms with Crippen LogP contribution in [0.4, 0.5) is 0 Å². The minimum Gasteiger partial charge on any atom is -0.351 e. The normalized spacial score (nSPS) is 13.2. The van der Waals surface area contributed by atoms with Crippen molar-refractivity contribution in [1.29, 1.82) is 0 Å². The Labute approximate surface area is 163 Å². The molecule has 7 heteroatoms. The van der Waals surface area contributed by atoms with Crippen molar-refractivity contribution in [2.45, 2.75) is 83.8 Å². The van der Waals surface area contributed by atoms with Crippen LogP contribution in [0.1, 0.15) is 57.9 Å². The van der Waals surface area contributed by atoms with Crippen molar-refractivity contribution in [2.24, 2.45) is 0 Å². The number of amides is 1. The summed E-state index contributed by atoms with van der Waals surface area (Å²) in [7, 11) is 0. The Kier molecular flexibility index (Phi) is 6.55. The molecule has 1 unspecified atom stereocenters. The van der Waals surface area contributed by atoms with Crippen LogP contribution in [0.5, 0.6) is 0 Å².